The molecule has 7 nitrogen and oxygen atoms in total. The SMILES string of the molecule is CC(O)[C@@H]1C(=O)N2C(C(=O)O)=C(OP(=O)(c3ccccc3)c3ccccc3)[C@@H](C)C12. The van der Waals surface area contributed by atoms with Gasteiger partial charge in [-0.2, -0.15) is 0 Å². The minimum Gasteiger partial charge on any atom is -0.476 e. The van der Waals surface area contributed by atoms with Gasteiger partial charge in [0.25, 0.3) is 0 Å². The number of aliphatic hydroxyl groups is 1. The Kier molecular flexibility index (Phi) is 5.04. The van der Waals surface area contributed by atoms with Gasteiger partial charge in [0.2, 0.25) is 5.91 Å². The lowest BCUT2D eigenvalue weighted by molar-refractivity contribution is -0.163. The maximum Gasteiger partial charge on any atom is 0.356 e. The summed E-state index contributed by atoms with van der Waals surface area (Å²) >= 11 is 0. The molecule has 2 N–H and O–H groups in total. The van der Waals surface area contributed by atoms with Crippen molar-refractivity contribution in [3.63, 3.8) is 0 Å². The van der Waals surface area contributed by atoms with Gasteiger partial charge in [-0.05, 0) is 31.2 Å². The molecular weight excluding hydrogens is 405 g/mol. The molecule has 2 aliphatic heterocycles. The third kappa shape index (κ3) is 2.97. The van der Waals surface area contributed by atoms with Crippen molar-refractivity contribution < 1.29 is 28.9 Å². The number of carboxylic acids is 1. The number of rotatable bonds is 6. The van der Waals surface area contributed by atoms with Crippen molar-refractivity contribution in [2.24, 2.45) is 11.8 Å². The molecule has 0 aliphatic carbocycles. The third-order valence-corrected chi connectivity index (χ3v) is 8.14. The molecule has 0 radical (unpaired) electrons. The lowest BCUT2D eigenvalue weighted by Gasteiger charge is -2.46. The molecule has 30 heavy (non-hydrogen) atoms. The Morgan fingerprint density at radius 1 is 1.07 bits per heavy atom. The smallest absolute Gasteiger partial charge is 0.356 e. The molecule has 2 aliphatic rings. The highest BCUT2D eigenvalue weighted by Crippen LogP contribution is 2.54. The number of carbonyl (C=O) groups excluding carboxylic acids is 1. The van der Waals surface area contributed by atoms with Crippen molar-refractivity contribution in [2.75, 3.05) is 0 Å². The first-order valence-electron chi connectivity index (χ1n) is 9.67. The summed E-state index contributed by atoms with van der Waals surface area (Å²) in [4.78, 5) is 25.7. The molecule has 8 heteroatoms. The van der Waals surface area contributed by atoms with Crippen LogP contribution in [-0.4, -0.2) is 39.1 Å². The van der Waals surface area contributed by atoms with Crippen LogP contribution in [0.3, 0.4) is 0 Å². The number of β-lactam (4-membered cyclic amide) rings is 1. The molecule has 1 saturated heterocycles. The second-order valence-corrected chi connectivity index (χ2v) is 9.90. The molecule has 0 bridgehead atoms. The largest absolute Gasteiger partial charge is 0.476 e. The van der Waals surface area contributed by atoms with Crippen molar-refractivity contribution in [2.45, 2.75) is 26.0 Å². The number of carboxylic acid groups (broad SMARTS) is 1. The van der Waals surface area contributed by atoms with Crippen molar-refractivity contribution in [3.8, 4) is 0 Å². The van der Waals surface area contributed by atoms with Crippen molar-refractivity contribution in [1.29, 1.82) is 0 Å². The monoisotopic (exact) mass is 427 g/mol. The Morgan fingerprint density at radius 2 is 1.57 bits per heavy atom. The summed E-state index contributed by atoms with van der Waals surface area (Å²) in [6.45, 7) is 3.23. The molecule has 1 fully saturated rings. The van der Waals surface area contributed by atoms with E-state index >= 15 is 0 Å². The van der Waals surface area contributed by atoms with Crippen LogP contribution in [0.2, 0.25) is 0 Å². The lowest BCUT2D eigenvalue weighted by atomic mass is 9.79. The van der Waals surface area contributed by atoms with E-state index in [1.54, 1.807) is 67.6 Å². The Labute approximate surface area is 174 Å². The van der Waals surface area contributed by atoms with Crippen LogP contribution in [0.1, 0.15) is 13.8 Å². The maximum absolute atomic E-state index is 14.2. The molecule has 0 saturated carbocycles. The number of hydrogen-bond acceptors (Lipinski definition) is 5. The lowest BCUT2D eigenvalue weighted by Crippen LogP contribution is -2.63. The number of hydrogen-bond donors (Lipinski definition) is 2. The molecule has 2 aromatic rings. The van der Waals surface area contributed by atoms with Gasteiger partial charge in [0, 0.05) is 5.92 Å². The van der Waals surface area contributed by atoms with E-state index in [0.29, 0.717) is 10.6 Å². The van der Waals surface area contributed by atoms with Gasteiger partial charge >= 0.3 is 13.3 Å². The Bertz CT molecular complexity index is 1020. The standard InChI is InChI=1S/C22H22NO6P/c1-13-18-17(14(2)24)21(25)23(18)19(22(26)27)20(13)29-30(28,15-9-5-3-6-10-15)16-11-7-4-8-12-16/h3-14,17-18,24H,1-2H3,(H,26,27)/t13-,14?,17-,18?/m0/s1. The van der Waals surface area contributed by atoms with Crippen LogP contribution in [0.5, 0.6) is 0 Å². The molecule has 0 aromatic heterocycles. The minimum atomic E-state index is -3.70. The number of carbonyl (C=O) groups is 2. The molecule has 0 spiro atoms. The predicted molar refractivity (Wildman–Crippen MR) is 110 cm³/mol. The van der Waals surface area contributed by atoms with E-state index in [1.807, 2.05) is 0 Å². The fourth-order valence-corrected chi connectivity index (χ4v) is 6.45. The Balaban J connectivity index is 1.83. The third-order valence-electron chi connectivity index (χ3n) is 5.73. The summed E-state index contributed by atoms with van der Waals surface area (Å²) in [7, 11) is -3.70. The van der Waals surface area contributed by atoms with Crippen LogP contribution in [0.25, 0.3) is 0 Å². The van der Waals surface area contributed by atoms with Gasteiger partial charge in [-0.1, -0.05) is 43.3 Å². The van der Waals surface area contributed by atoms with Crippen LogP contribution < -0.4 is 10.6 Å². The molecule has 156 valence electrons. The van der Waals surface area contributed by atoms with Crippen molar-refractivity contribution >= 4 is 29.9 Å². The second kappa shape index (κ2) is 7.42. The number of nitrogens with zero attached hydrogens (tertiary/aromatic N) is 1. The van der Waals surface area contributed by atoms with E-state index in [4.69, 9.17) is 4.52 Å². The van der Waals surface area contributed by atoms with Gasteiger partial charge in [-0.25, -0.2) is 4.79 Å². The van der Waals surface area contributed by atoms with Crippen LogP contribution >= 0.6 is 7.37 Å². The molecule has 2 heterocycles. The summed E-state index contributed by atoms with van der Waals surface area (Å²) in [5.41, 5.74) is -0.304. The molecule has 2 unspecified atom stereocenters. The quantitative estimate of drug-likeness (QED) is 0.541. The molecular formula is C22H22NO6P. The van der Waals surface area contributed by atoms with Crippen LogP contribution in [0, 0.1) is 11.8 Å². The topological polar surface area (TPSA) is 104 Å². The van der Waals surface area contributed by atoms with Gasteiger partial charge in [-0.3, -0.25) is 14.3 Å². The van der Waals surface area contributed by atoms with Crippen molar-refractivity contribution in [3.05, 3.63) is 72.1 Å². The average molecular weight is 427 g/mol. The summed E-state index contributed by atoms with van der Waals surface area (Å²) in [5.74, 6) is -3.05. The normalized spacial score (nSPS) is 24.3. The predicted octanol–water partition coefficient (Wildman–Crippen LogP) is 2.09. The van der Waals surface area contributed by atoms with Crippen LogP contribution in [0.4, 0.5) is 0 Å². The van der Waals surface area contributed by atoms with Crippen LogP contribution in [-0.2, 0) is 18.7 Å². The van der Waals surface area contributed by atoms with Crippen LogP contribution in [0.15, 0.2) is 72.1 Å². The first kappa shape index (κ1) is 20.4. The van der Waals surface area contributed by atoms with Gasteiger partial charge in [0.1, 0.15) is 5.76 Å². The highest BCUT2D eigenvalue weighted by Gasteiger charge is 2.61. The first-order valence-corrected chi connectivity index (χ1v) is 11.3. The second-order valence-electron chi connectivity index (χ2n) is 7.59. The summed E-state index contributed by atoms with van der Waals surface area (Å²) in [6.07, 6.45) is -0.925. The minimum absolute atomic E-state index is 0.0000365. The van der Waals surface area contributed by atoms with E-state index in [1.165, 1.54) is 6.92 Å². The fraction of sp³-hybridized carbons (Fsp3) is 0.273. The fourth-order valence-electron chi connectivity index (χ4n) is 4.28. The van der Waals surface area contributed by atoms with Gasteiger partial charge in [-0.15, -0.1) is 0 Å². The summed E-state index contributed by atoms with van der Waals surface area (Å²) in [5, 5.41) is 20.7. The zero-order valence-corrected chi connectivity index (χ0v) is 17.4. The number of amides is 1. The zero-order chi connectivity index (χ0) is 21.6. The van der Waals surface area contributed by atoms with E-state index in [0.717, 1.165) is 4.90 Å². The Hall–Kier alpha value is -2.89. The molecule has 1 amide bonds. The summed E-state index contributed by atoms with van der Waals surface area (Å²) < 4.78 is 20.3. The van der Waals surface area contributed by atoms with Gasteiger partial charge in [0.15, 0.2) is 5.70 Å². The molecule has 4 atom stereocenters. The highest BCUT2D eigenvalue weighted by molar-refractivity contribution is 7.74. The maximum atomic E-state index is 14.2. The highest BCUT2D eigenvalue weighted by atomic mass is 31.2. The van der Waals surface area contributed by atoms with Crippen molar-refractivity contribution in [1.82, 2.24) is 4.90 Å². The molecule has 4 rings (SSSR count). The van der Waals surface area contributed by atoms with E-state index in [9.17, 15) is 24.4 Å². The first-order chi connectivity index (χ1) is 14.3. The number of fused-ring (bicyclic) bond motifs is 1. The van der Waals surface area contributed by atoms with E-state index in [2.05, 4.69) is 0 Å². The number of aliphatic hydroxyl groups excluding tert-OH is 1. The number of benzene rings is 2. The van der Waals surface area contributed by atoms with E-state index in [-0.39, 0.29) is 11.5 Å². The van der Waals surface area contributed by atoms with Gasteiger partial charge < -0.3 is 14.7 Å². The summed E-state index contributed by atoms with van der Waals surface area (Å²) in [6, 6.07) is 16.7. The zero-order valence-electron chi connectivity index (χ0n) is 16.5. The van der Waals surface area contributed by atoms with E-state index < -0.39 is 43.2 Å². The Morgan fingerprint density at radius 3 is 2.00 bits per heavy atom. The van der Waals surface area contributed by atoms with Gasteiger partial charge in [0.05, 0.1) is 28.7 Å². The molecule has 2 aromatic carbocycles. The average Bonchev–Trinajstić information content (AvgIpc) is 2.97. The number of aliphatic carboxylic acids is 1.